The van der Waals surface area contributed by atoms with Crippen LogP contribution in [0.2, 0.25) is 0 Å². The van der Waals surface area contributed by atoms with E-state index in [2.05, 4.69) is 65.0 Å². The number of hydrogen-bond acceptors (Lipinski definition) is 2. The summed E-state index contributed by atoms with van der Waals surface area (Å²) in [7, 11) is 0. The van der Waals surface area contributed by atoms with Gasteiger partial charge in [0.1, 0.15) is 0 Å². The molecule has 2 aliphatic carbocycles. The first-order valence-corrected chi connectivity index (χ1v) is 17.2. The molecule has 0 amide bonds. The van der Waals surface area contributed by atoms with E-state index >= 15 is 0 Å². The minimum absolute atomic E-state index is 0.101. The minimum Gasteiger partial charge on any atom is -0.481 e. The van der Waals surface area contributed by atoms with Gasteiger partial charge in [-0.2, -0.15) is 0 Å². The van der Waals surface area contributed by atoms with Crippen LogP contribution in [-0.2, 0) is 4.79 Å². The number of carboxylic acid groups (broad SMARTS) is 1. The van der Waals surface area contributed by atoms with E-state index in [-0.39, 0.29) is 12.3 Å². The Labute approximate surface area is 256 Å². The number of fused-ring (bicyclic) bond motifs is 1. The number of carboxylic acids is 1. The van der Waals surface area contributed by atoms with E-state index in [1.165, 1.54) is 85.6 Å². The maximum atomic E-state index is 10.4. The molecule has 2 aromatic carbocycles. The monoisotopic (exact) mass is 578 g/mol. The molecule has 2 unspecified atom stereocenters. The molecule has 2 fully saturated rings. The second-order valence-electron chi connectivity index (χ2n) is 12.7. The number of rotatable bonds is 6. The first-order chi connectivity index (χ1) is 19.7. The van der Waals surface area contributed by atoms with E-state index < -0.39 is 5.97 Å². The van der Waals surface area contributed by atoms with Crippen molar-refractivity contribution < 1.29 is 9.90 Å². The summed E-state index contributed by atoms with van der Waals surface area (Å²) >= 11 is 1.85. The van der Waals surface area contributed by atoms with Crippen molar-refractivity contribution in [1.82, 2.24) is 0 Å². The third kappa shape index (κ3) is 14.1. The lowest BCUT2D eigenvalue weighted by molar-refractivity contribution is -0.137. The third-order valence-corrected chi connectivity index (χ3v) is 10.1. The van der Waals surface area contributed by atoms with E-state index in [1.54, 1.807) is 0 Å². The first-order valence-electron chi connectivity index (χ1n) is 16.4. The quantitative estimate of drug-likeness (QED) is 0.316. The van der Waals surface area contributed by atoms with Gasteiger partial charge in [-0.25, -0.2) is 0 Å². The number of thiophene rings is 1. The Morgan fingerprint density at radius 3 is 1.83 bits per heavy atom. The summed E-state index contributed by atoms with van der Waals surface area (Å²) in [6, 6.07) is 20.4. The SMILES string of the molecule is CC(C)C1CCCCC1.CC(CC(=O)O)c1ccccc1.CCC(C)C1CCCCC1.Cc1cc2ccccc2s1. The Balaban J connectivity index is 0.000000192. The van der Waals surface area contributed by atoms with E-state index in [9.17, 15) is 4.79 Å². The van der Waals surface area contributed by atoms with E-state index in [4.69, 9.17) is 5.11 Å². The molecule has 41 heavy (non-hydrogen) atoms. The van der Waals surface area contributed by atoms with Crippen molar-refractivity contribution in [2.24, 2.45) is 23.7 Å². The summed E-state index contributed by atoms with van der Waals surface area (Å²) in [4.78, 5) is 11.8. The highest BCUT2D eigenvalue weighted by Crippen LogP contribution is 2.31. The molecule has 0 radical (unpaired) electrons. The number of benzene rings is 2. The summed E-state index contributed by atoms with van der Waals surface area (Å²) < 4.78 is 1.39. The van der Waals surface area contributed by atoms with Gasteiger partial charge in [-0.15, -0.1) is 11.3 Å². The van der Waals surface area contributed by atoms with Crippen LogP contribution >= 0.6 is 11.3 Å². The van der Waals surface area contributed by atoms with Gasteiger partial charge in [-0.1, -0.05) is 154 Å². The van der Waals surface area contributed by atoms with Crippen molar-refractivity contribution in [2.45, 2.75) is 125 Å². The maximum Gasteiger partial charge on any atom is 0.303 e. The second kappa shape index (κ2) is 19.9. The van der Waals surface area contributed by atoms with Crippen molar-refractivity contribution >= 4 is 27.4 Å². The van der Waals surface area contributed by atoms with Gasteiger partial charge in [0.2, 0.25) is 0 Å². The van der Waals surface area contributed by atoms with Gasteiger partial charge in [0.25, 0.3) is 0 Å². The van der Waals surface area contributed by atoms with Crippen molar-refractivity contribution in [1.29, 1.82) is 0 Å². The predicted molar refractivity (Wildman–Crippen MR) is 181 cm³/mol. The molecule has 0 saturated heterocycles. The van der Waals surface area contributed by atoms with E-state index in [0.717, 1.165) is 29.2 Å². The zero-order valence-corrected chi connectivity index (χ0v) is 27.7. The van der Waals surface area contributed by atoms with E-state index in [1.807, 2.05) is 48.6 Å². The normalized spacial score (nSPS) is 17.2. The van der Waals surface area contributed by atoms with Crippen molar-refractivity contribution in [3.63, 3.8) is 0 Å². The maximum absolute atomic E-state index is 10.4. The number of hydrogen-bond donors (Lipinski definition) is 1. The molecule has 2 saturated carbocycles. The highest BCUT2D eigenvalue weighted by molar-refractivity contribution is 7.19. The Hall–Kier alpha value is -2.13. The fraction of sp³-hybridized carbons (Fsp3) is 0.605. The average Bonchev–Trinajstić information content (AvgIpc) is 3.39. The van der Waals surface area contributed by atoms with Gasteiger partial charge in [0.05, 0.1) is 6.42 Å². The fourth-order valence-electron chi connectivity index (χ4n) is 6.11. The number of aryl methyl sites for hydroxylation is 1. The van der Waals surface area contributed by atoms with Gasteiger partial charge in [-0.05, 0) is 59.6 Å². The smallest absolute Gasteiger partial charge is 0.303 e. The molecule has 2 atom stereocenters. The molecule has 1 aromatic heterocycles. The number of aliphatic carboxylic acids is 1. The molecule has 1 N–H and O–H groups in total. The molecular weight excluding hydrogens is 520 g/mol. The Bertz CT molecular complexity index is 1040. The zero-order chi connectivity index (χ0) is 30.0. The molecule has 0 bridgehead atoms. The lowest BCUT2D eigenvalue weighted by Gasteiger charge is -2.26. The summed E-state index contributed by atoms with van der Waals surface area (Å²) in [5.41, 5.74) is 1.08. The molecule has 5 rings (SSSR count). The largest absolute Gasteiger partial charge is 0.481 e. The van der Waals surface area contributed by atoms with Crippen LogP contribution in [0.15, 0.2) is 60.7 Å². The molecule has 0 spiro atoms. The van der Waals surface area contributed by atoms with Crippen molar-refractivity contribution in [2.75, 3.05) is 0 Å². The summed E-state index contributed by atoms with van der Waals surface area (Å²) in [6.45, 7) is 13.5. The van der Waals surface area contributed by atoms with E-state index in [0.29, 0.717) is 0 Å². The molecule has 0 aliphatic heterocycles. The highest BCUT2D eigenvalue weighted by Gasteiger charge is 2.18. The Morgan fingerprint density at radius 1 is 0.805 bits per heavy atom. The Morgan fingerprint density at radius 2 is 1.34 bits per heavy atom. The topological polar surface area (TPSA) is 37.3 Å². The van der Waals surface area contributed by atoms with Crippen LogP contribution in [0, 0.1) is 30.6 Å². The molecule has 3 heteroatoms. The summed E-state index contributed by atoms with van der Waals surface area (Å²) in [5.74, 6) is 3.40. The fourth-order valence-corrected chi connectivity index (χ4v) is 7.04. The highest BCUT2D eigenvalue weighted by atomic mass is 32.1. The van der Waals surface area contributed by atoms with Gasteiger partial charge in [0.15, 0.2) is 0 Å². The lowest BCUT2D eigenvalue weighted by Crippen LogP contribution is -2.14. The first kappa shape index (κ1) is 35.1. The van der Waals surface area contributed by atoms with Crippen molar-refractivity contribution in [3.8, 4) is 0 Å². The summed E-state index contributed by atoms with van der Waals surface area (Å²) in [5, 5.41) is 9.91. The van der Waals surface area contributed by atoms with Crippen LogP contribution in [0.4, 0.5) is 0 Å². The van der Waals surface area contributed by atoms with Crippen LogP contribution < -0.4 is 0 Å². The molecule has 2 nitrogen and oxygen atoms in total. The van der Waals surface area contributed by atoms with Crippen LogP contribution in [0.3, 0.4) is 0 Å². The second-order valence-corrected chi connectivity index (χ2v) is 14.0. The molecule has 1 heterocycles. The van der Waals surface area contributed by atoms with Crippen LogP contribution in [0.25, 0.3) is 10.1 Å². The van der Waals surface area contributed by atoms with Crippen LogP contribution in [0.5, 0.6) is 0 Å². The molecule has 3 aromatic rings. The van der Waals surface area contributed by atoms with Gasteiger partial charge >= 0.3 is 5.97 Å². The summed E-state index contributed by atoms with van der Waals surface area (Å²) in [6.07, 6.45) is 16.5. The minimum atomic E-state index is -0.744. The van der Waals surface area contributed by atoms with Gasteiger partial charge in [0, 0.05) is 9.58 Å². The standard InChI is InChI=1S/C10H12O2.C10H20.C9H8S.C9H18/c1-8(7-10(11)12)9-5-3-2-4-6-9;1-3-9(2)10-7-5-4-6-8-10;1-7-6-8-4-2-3-5-9(8)10-7;1-8(2)9-6-4-3-5-7-9/h2-6,8H,7H2,1H3,(H,11,12);9-10H,3-8H2,1-2H3;2-6H,1H3;8-9H,3-7H2,1-2H3. The lowest BCUT2D eigenvalue weighted by atomic mass is 9.80. The predicted octanol–water partition coefficient (Wildman–Crippen LogP) is 12.3. The number of carbonyl (C=O) groups is 1. The van der Waals surface area contributed by atoms with Gasteiger partial charge < -0.3 is 5.11 Å². The Kier molecular flexibility index (Phi) is 17.0. The van der Waals surface area contributed by atoms with Crippen molar-refractivity contribution in [3.05, 3.63) is 71.1 Å². The average molecular weight is 579 g/mol. The molecule has 2 aliphatic rings. The zero-order valence-electron chi connectivity index (χ0n) is 26.9. The van der Waals surface area contributed by atoms with Gasteiger partial charge in [-0.3, -0.25) is 4.79 Å². The van der Waals surface area contributed by atoms with Crippen LogP contribution in [0.1, 0.15) is 128 Å². The van der Waals surface area contributed by atoms with Crippen LogP contribution in [-0.4, -0.2) is 11.1 Å². The third-order valence-electron chi connectivity index (χ3n) is 9.09. The molecular formula is C38H58O2S. The molecule has 228 valence electrons.